The monoisotopic (exact) mass is 321 g/mol. The van der Waals surface area contributed by atoms with Gasteiger partial charge in [0.15, 0.2) is 0 Å². The number of rotatable bonds is 5. The Bertz CT molecular complexity index is 855. The van der Waals surface area contributed by atoms with Gasteiger partial charge in [-0.3, -0.25) is 4.79 Å². The first-order valence-electron chi connectivity index (χ1n) is 7.86. The molecule has 0 saturated heterocycles. The van der Waals surface area contributed by atoms with Crippen molar-refractivity contribution in [3.63, 3.8) is 0 Å². The molecule has 0 saturated carbocycles. The summed E-state index contributed by atoms with van der Waals surface area (Å²) in [6.45, 7) is 4.43. The van der Waals surface area contributed by atoms with Crippen molar-refractivity contribution in [2.45, 2.75) is 20.3 Å². The van der Waals surface area contributed by atoms with Crippen molar-refractivity contribution in [1.29, 1.82) is 0 Å². The van der Waals surface area contributed by atoms with Gasteiger partial charge in [0.2, 0.25) is 11.7 Å². The summed E-state index contributed by atoms with van der Waals surface area (Å²) >= 11 is 0. The van der Waals surface area contributed by atoms with Crippen molar-refractivity contribution < 1.29 is 9.32 Å². The molecule has 0 atom stereocenters. The van der Waals surface area contributed by atoms with Crippen LogP contribution in [-0.2, 0) is 6.42 Å². The van der Waals surface area contributed by atoms with Crippen molar-refractivity contribution >= 4 is 5.91 Å². The molecular weight excluding hydrogens is 302 g/mol. The standard InChI is InChI=1S/C19H19N3O2/c1-13-5-3-7-15(11-13)18-21-17(24-22-18)9-10-20-19(23)16-8-4-6-14(2)12-16/h3-8,11-12H,9-10H2,1-2H3,(H,20,23). The number of aromatic nitrogens is 2. The van der Waals surface area contributed by atoms with E-state index in [2.05, 4.69) is 15.5 Å². The number of nitrogens with one attached hydrogen (secondary N) is 1. The Morgan fingerprint density at radius 2 is 1.83 bits per heavy atom. The number of carbonyl (C=O) groups is 1. The molecule has 0 bridgehead atoms. The normalized spacial score (nSPS) is 10.6. The summed E-state index contributed by atoms with van der Waals surface area (Å²) in [7, 11) is 0. The smallest absolute Gasteiger partial charge is 0.251 e. The van der Waals surface area contributed by atoms with Crippen LogP contribution in [0.15, 0.2) is 53.1 Å². The molecule has 3 aromatic rings. The Morgan fingerprint density at radius 3 is 2.58 bits per heavy atom. The minimum absolute atomic E-state index is 0.0999. The summed E-state index contributed by atoms with van der Waals surface area (Å²) in [4.78, 5) is 16.4. The van der Waals surface area contributed by atoms with Crippen LogP contribution in [-0.4, -0.2) is 22.6 Å². The molecule has 0 spiro atoms. The number of nitrogens with zero attached hydrogens (tertiary/aromatic N) is 2. The minimum Gasteiger partial charge on any atom is -0.352 e. The summed E-state index contributed by atoms with van der Waals surface area (Å²) in [5.74, 6) is 0.979. The highest BCUT2D eigenvalue weighted by Crippen LogP contribution is 2.17. The number of hydrogen-bond donors (Lipinski definition) is 1. The van der Waals surface area contributed by atoms with Crippen molar-refractivity contribution in [3.8, 4) is 11.4 Å². The van der Waals surface area contributed by atoms with E-state index in [0.29, 0.717) is 30.2 Å². The van der Waals surface area contributed by atoms with Crippen LogP contribution in [0.4, 0.5) is 0 Å². The average molecular weight is 321 g/mol. The van der Waals surface area contributed by atoms with E-state index in [0.717, 1.165) is 16.7 Å². The van der Waals surface area contributed by atoms with Gasteiger partial charge in [-0.15, -0.1) is 0 Å². The van der Waals surface area contributed by atoms with Gasteiger partial charge in [0.05, 0.1) is 0 Å². The first-order chi connectivity index (χ1) is 11.6. The lowest BCUT2D eigenvalue weighted by molar-refractivity contribution is 0.0953. The molecule has 0 aliphatic heterocycles. The quantitative estimate of drug-likeness (QED) is 0.782. The van der Waals surface area contributed by atoms with Crippen LogP contribution in [0.1, 0.15) is 27.4 Å². The summed E-state index contributed by atoms with van der Waals surface area (Å²) in [6, 6.07) is 15.4. The molecule has 122 valence electrons. The van der Waals surface area contributed by atoms with Gasteiger partial charge in [0.1, 0.15) is 0 Å². The molecule has 2 aromatic carbocycles. The molecule has 1 N–H and O–H groups in total. The first-order valence-corrected chi connectivity index (χ1v) is 7.86. The van der Waals surface area contributed by atoms with E-state index in [1.165, 1.54) is 0 Å². The molecule has 0 aliphatic carbocycles. The van der Waals surface area contributed by atoms with Gasteiger partial charge in [0, 0.05) is 24.1 Å². The number of carbonyl (C=O) groups excluding carboxylic acids is 1. The number of aryl methyl sites for hydroxylation is 2. The Balaban J connectivity index is 1.57. The largest absolute Gasteiger partial charge is 0.352 e. The molecule has 1 aromatic heterocycles. The summed E-state index contributed by atoms with van der Waals surface area (Å²) in [5.41, 5.74) is 3.78. The van der Waals surface area contributed by atoms with Gasteiger partial charge >= 0.3 is 0 Å². The number of hydrogen-bond acceptors (Lipinski definition) is 4. The molecule has 0 unspecified atom stereocenters. The lowest BCUT2D eigenvalue weighted by Crippen LogP contribution is -2.25. The van der Waals surface area contributed by atoms with Crippen LogP contribution < -0.4 is 5.32 Å². The van der Waals surface area contributed by atoms with Gasteiger partial charge in [-0.05, 0) is 32.0 Å². The molecule has 0 radical (unpaired) electrons. The molecule has 3 rings (SSSR count). The number of amides is 1. The lowest BCUT2D eigenvalue weighted by atomic mass is 10.1. The minimum atomic E-state index is -0.0999. The highest BCUT2D eigenvalue weighted by molar-refractivity contribution is 5.94. The van der Waals surface area contributed by atoms with E-state index >= 15 is 0 Å². The Morgan fingerprint density at radius 1 is 1.08 bits per heavy atom. The second kappa shape index (κ2) is 7.08. The van der Waals surface area contributed by atoms with Gasteiger partial charge in [0.25, 0.3) is 5.91 Å². The van der Waals surface area contributed by atoms with Crippen molar-refractivity contribution in [2.75, 3.05) is 6.54 Å². The van der Waals surface area contributed by atoms with E-state index in [1.807, 2.05) is 56.3 Å². The molecule has 1 heterocycles. The van der Waals surface area contributed by atoms with E-state index < -0.39 is 0 Å². The fourth-order valence-electron chi connectivity index (χ4n) is 2.43. The van der Waals surface area contributed by atoms with Crippen LogP contribution in [0.5, 0.6) is 0 Å². The summed E-state index contributed by atoms with van der Waals surface area (Å²) in [5, 5.41) is 6.86. The fourth-order valence-corrected chi connectivity index (χ4v) is 2.43. The third-order valence-electron chi connectivity index (χ3n) is 3.65. The van der Waals surface area contributed by atoms with Crippen LogP contribution in [0, 0.1) is 13.8 Å². The topological polar surface area (TPSA) is 68.0 Å². The van der Waals surface area contributed by atoms with Crippen LogP contribution in [0.25, 0.3) is 11.4 Å². The highest BCUT2D eigenvalue weighted by atomic mass is 16.5. The maximum atomic E-state index is 12.1. The Labute approximate surface area is 140 Å². The van der Waals surface area contributed by atoms with E-state index in [9.17, 15) is 4.79 Å². The Hall–Kier alpha value is -2.95. The van der Waals surface area contributed by atoms with Crippen LogP contribution in [0.3, 0.4) is 0 Å². The van der Waals surface area contributed by atoms with Gasteiger partial charge in [-0.1, -0.05) is 46.6 Å². The SMILES string of the molecule is Cc1cccc(C(=O)NCCc2nc(-c3cccc(C)c3)no2)c1. The maximum absolute atomic E-state index is 12.1. The van der Waals surface area contributed by atoms with Gasteiger partial charge in [-0.25, -0.2) is 0 Å². The van der Waals surface area contributed by atoms with E-state index in [-0.39, 0.29) is 5.91 Å². The zero-order valence-corrected chi connectivity index (χ0v) is 13.7. The van der Waals surface area contributed by atoms with Crippen LogP contribution in [0.2, 0.25) is 0 Å². The van der Waals surface area contributed by atoms with Crippen molar-refractivity contribution in [2.24, 2.45) is 0 Å². The summed E-state index contributed by atoms with van der Waals surface area (Å²) in [6.07, 6.45) is 0.496. The molecule has 5 nitrogen and oxygen atoms in total. The first kappa shape index (κ1) is 15.9. The van der Waals surface area contributed by atoms with Crippen molar-refractivity contribution in [1.82, 2.24) is 15.5 Å². The zero-order valence-electron chi connectivity index (χ0n) is 13.7. The predicted octanol–water partition coefficient (Wildman–Crippen LogP) is 3.33. The van der Waals surface area contributed by atoms with E-state index in [4.69, 9.17) is 4.52 Å². The predicted molar refractivity (Wildman–Crippen MR) is 91.7 cm³/mol. The third kappa shape index (κ3) is 3.87. The maximum Gasteiger partial charge on any atom is 0.251 e. The lowest BCUT2D eigenvalue weighted by Gasteiger charge is -2.04. The van der Waals surface area contributed by atoms with Gasteiger partial charge < -0.3 is 9.84 Å². The van der Waals surface area contributed by atoms with E-state index in [1.54, 1.807) is 6.07 Å². The number of benzene rings is 2. The molecule has 1 amide bonds. The highest BCUT2D eigenvalue weighted by Gasteiger charge is 2.10. The average Bonchev–Trinajstić information content (AvgIpc) is 3.04. The fraction of sp³-hybridized carbons (Fsp3) is 0.211. The van der Waals surface area contributed by atoms with Crippen LogP contribution >= 0.6 is 0 Å². The molecule has 0 fully saturated rings. The second-order valence-corrected chi connectivity index (χ2v) is 5.76. The summed E-state index contributed by atoms with van der Waals surface area (Å²) < 4.78 is 5.25. The molecule has 24 heavy (non-hydrogen) atoms. The Kier molecular flexibility index (Phi) is 4.70. The third-order valence-corrected chi connectivity index (χ3v) is 3.65. The second-order valence-electron chi connectivity index (χ2n) is 5.76. The zero-order chi connectivity index (χ0) is 16.9. The van der Waals surface area contributed by atoms with Crippen molar-refractivity contribution in [3.05, 3.63) is 71.1 Å². The molecule has 5 heteroatoms. The molecular formula is C19H19N3O2. The molecule has 0 aliphatic rings. The van der Waals surface area contributed by atoms with Gasteiger partial charge in [-0.2, -0.15) is 4.98 Å².